The molecule has 0 saturated heterocycles. The molecule has 42 heavy (non-hydrogen) atoms. The zero-order chi connectivity index (χ0) is 29.8. The van der Waals surface area contributed by atoms with Crippen LogP contribution in [0.2, 0.25) is 0 Å². The lowest BCUT2D eigenvalue weighted by Crippen LogP contribution is -2.82. The van der Waals surface area contributed by atoms with Crippen LogP contribution in [0.4, 0.5) is 0 Å². The molecule has 0 unspecified atom stereocenters. The van der Waals surface area contributed by atoms with Gasteiger partial charge in [-0.05, 0) is 113 Å². The van der Waals surface area contributed by atoms with Gasteiger partial charge in [0.1, 0.15) is 24.6 Å². The quantitative estimate of drug-likeness (QED) is 0.0948. The van der Waals surface area contributed by atoms with E-state index < -0.39 is 0 Å². The summed E-state index contributed by atoms with van der Waals surface area (Å²) in [6, 6.07) is 17.1. The number of quaternary nitrogens is 2. The smallest absolute Gasteiger partial charge is 0.119 e. The lowest BCUT2D eigenvalue weighted by atomic mass is 10.1. The molecule has 0 aromatic heterocycles. The minimum Gasteiger partial charge on any atom is -0.494 e. The van der Waals surface area contributed by atoms with E-state index in [0.29, 0.717) is 13.2 Å². The summed E-state index contributed by atoms with van der Waals surface area (Å²) < 4.78 is 11.6. The van der Waals surface area contributed by atoms with Crippen LogP contribution in [-0.4, -0.2) is 49.7 Å². The van der Waals surface area contributed by atoms with Gasteiger partial charge in [-0.15, -0.1) is 0 Å². The maximum Gasteiger partial charge on any atom is 0.119 e. The largest absolute Gasteiger partial charge is 0.494 e. The van der Waals surface area contributed by atoms with Gasteiger partial charge in [-0.25, -0.2) is 0 Å². The number of rotatable bonds is 29. The lowest BCUT2D eigenvalue weighted by Gasteiger charge is -2.07. The first-order valence-electron chi connectivity index (χ1n) is 17.1. The van der Waals surface area contributed by atoms with Gasteiger partial charge in [-0.2, -0.15) is 0 Å². The minimum absolute atomic E-state index is 0.295. The summed E-state index contributed by atoms with van der Waals surface area (Å²) in [5, 5.41) is 22.5. The Morgan fingerprint density at radius 1 is 0.405 bits per heavy atom. The topological polar surface area (TPSA) is 92.1 Å². The van der Waals surface area contributed by atoms with Gasteiger partial charge in [0.05, 0.1) is 26.3 Å². The highest BCUT2D eigenvalue weighted by Crippen LogP contribution is 2.14. The molecule has 0 saturated carbocycles. The van der Waals surface area contributed by atoms with E-state index in [-0.39, 0.29) is 0 Å². The van der Waals surface area contributed by atoms with E-state index in [1.165, 1.54) is 75.6 Å². The van der Waals surface area contributed by atoms with Gasteiger partial charge in [0.2, 0.25) is 0 Å². The van der Waals surface area contributed by atoms with Crippen LogP contribution in [0.1, 0.15) is 114 Å². The molecule has 0 aliphatic carbocycles. The zero-order valence-corrected chi connectivity index (χ0v) is 26.5. The Labute approximate surface area is 256 Å². The van der Waals surface area contributed by atoms with E-state index in [1.54, 1.807) is 0 Å². The standard InChI is InChI=1S/C36H60N2O4/c39-27-13-7-9-15-29-41-35-21-17-33(18-22-35)31-37-25-11-5-3-1-2-4-6-12-26-38-32-34-19-23-36(24-20-34)42-30-16-10-8-14-28-40/h17-24,37-40H,1-16,25-32H2/p+2. The maximum absolute atomic E-state index is 8.81. The maximum atomic E-state index is 8.81. The van der Waals surface area contributed by atoms with E-state index in [1.807, 2.05) is 0 Å². The average molecular weight is 587 g/mol. The highest BCUT2D eigenvalue weighted by Gasteiger charge is 2.01. The molecule has 0 aliphatic heterocycles. The molecular formula is C36H62N2O4+2. The second-order valence-corrected chi connectivity index (χ2v) is 11.7. The molecule has 6 N–H and O–H groups in total. The number of aliphatic hydroxyl groups is 2. The third-order valence-electron chi connectivity index (χ3n) is 7.82. The minimum atomic E-state index is 0.295. The molecule has 0 atom stereocenters. The van der Waals surface area contributed by atoms with Crippen molar-refractivity contribution in [3.05, 3.63) is 59.7 Å². The predicted molar refractivity (Wildman–Crippen MR) is 173 cm³/mol. The van der Waals surface area contributed by atoms with Crippen LogP contribution in [0.15, 0.2) is 48.5 Å². The Balaban J connectivity index is 1.32. The third kappa shape index (κ3) is 19.9. The molecule has 0 aliphatic rings. The van der Waals surface area contributed by atoms with Gasteiger partial charge >= 0.3 is 0 Å². The fourth-order valence-electron chi connectivity index (χ4n) is 5.13. The number of nitrogens with two attached hydrogens (primary N) is 2. The van der Waals surface area contributed by atoms with Crippen molar-refractivity contribution >= 4 is 0 Å². The van der Waals surface area contributed by atoms with Crippen LogP contribution >= 0.6 is 0 Å². The van der Waals surface area contributed by atoms with Crippen molar-refractivity contribution in [1.29, 1.82) is 0 Å². The molecule has 238 valence electrons. The summed E-state index contributed by atoms with van der Waals surface area (Å²) in [4.78, 5) is 0. The molecule has 0 heterocycles. The van der Waals surface area contributed by atoms with Gasteiger partial charge in [0.15, 0.2) is 0 Å². The molecular weight excluding hydrogens is 524 g/mol. The highest BCUT2D eigenvalue weighted by atomic mass is 16.5. The Morgan fingerprint density at radius 3 is 1.12 bits per heavy atom. The molecule has 6 heteroatoms. The van der Waals surface area contributed by atoms with Crippen LogP contribution in [0.25, 0.3) is 0 Å². The van der Waals surface area contributed by atoms with Gasteiger partial charge in [0, 0.05) is 24.3 Å². The van der Waals surface area contributed by atoms with Crippen molar-refractivity contribution in [1.82, 2.24) is 0 Å². The van der Waals surface area contributed by atoms with Crippen molar-refractivity contribution < 1.29 is 30.3 Å². The Kier molecular flexibility index (Phi) is 22.8. The number of unbranched alkanes of at least 4 members (excludes halogenated alkanes) is 13. The van der Waals surface area contributed by atoms with E-state index in [4.69, 9.17) is 19.7 Å². The first kappa shape index (κ1) is 36.1. The summed E-state index contributed by atoms with van der Waals surface area (Å²) in [7, 11) is 0. The molecule has 2 aromatic rings. The van der Waals surface area contributed by atoms with E-state index in [9.17, 15) is 0 Å². The molecule has 0 bridgehead atoms. The molecule has 2 aromatic carbocycles. The number of benzene rings is 2. The monoisotopic (exact) mass is 586 g/mol. The SMILES string of the molecule is OCCCCCCOc1ccc(C[NH2+]CCCCCCCCCC[NH2+]Cc2ccc(OCCCCCCO)cc2)cc1. The Bertz CT molecular complexity index is 773. The first-order valence-corrected chi connectivity index (χ1v) is 17.1. The van der Waals surface area contributed by atoms with E-state index >= 15 is 0 Å². The second kappa shape index (κ2) is 26.5. The van der Waals surface area contributed by atoms with Crippen molar-refractivity contribution in [3.63, 3.8) is 0 Å². The zero-order valence-electron chi connectivity index (χ0n) is 26.5. The average Bonchev–Trinajstić information content (AvgIpc) is 3.02. The van der Waals surface area contributed by atoms with Crippen LogP contribution in [0.5, 0.6) is 11.5 Å². The van der Waals surface area contributed by atoms with Crippen LogP contribution in [-0.2, 0) is 13.1 Å². The number of ether oxygens (including phenoxy) is 2. The predicted octanol–water partition coefficient (Wildman–Crippen LogP) is 5.50. The van der Waals surface area contributed by atoms with Crippen molar-refractivity contribution in [2.24, 2.45) is 0 Å². The molecule has 0 fully saturated rings. The molecule has 0 radical (unpaired) electrons. The summed E-state index contributed by atoms with van der Waals surface area (Å²) in [5.74, 6) is 1.93. The first-order chi connectivity index (χ1) is 20.8. The van der Waals surface area contributed by atoms with Gasteiger partial charge in [-0.3, -0.25) is 0 Å². The van der Waals surface area contributed by atoms with Crippen molar-refractivity contribution in [2.75, 3.05) is 39.5 Å². The van der Waals surface area contributed by atoms with Crippen LogP contribution in [0, 0.1) is 0 Å². The molecule has 0 amide bonds. The van der Waals surface area contributed by atoms with Gasteiger partial charge < -0.3 is 30.3 Å². The number of aliphatic hydroxyl groups excluding tert-OH is 2. The van der Waals surface area contributed by atoms with E-state index in [2.05, 4.69) is 59.2 Å². The van der Waals surface area contributed by atoms with Crippen LogP contribution in [0.3, 0.4) is 0 Å². The molecule has 0 spiro atoms. The van der Waals surface area contributed by atoms with Gasteiger partial charge in [-0.1, -0.05) is 38.5 Å². The highest BCUT2D eigenvalue weighted by molar-refractivity contribution is 5.27. The van der Waals surface area contributed by atoms with Crippen molar-refractivity contribution in [2.45, 2.75) is 116 Å². The Morgan fingerprint density at radius 2 is 0.738 bits per heavy atom. The normalized spacial score (nSPS) is 11.2. The summed E-state index contributed by atoms with van der Waals surface area (Å²) in [5.41, 5.74) is 2.73. The van der Waals surface area contributed by atoms with Crippen LogP contribution < -0.4 is 20.1 Å². The lowest BCUT2D eigenvalue weighted by molar-refractivity contribution is -0.671. The van der Waals surface area contributed by atoms with Gasteiger partial charge in [0.25, 0.3) is 0 Å². The molecule has 2 rings (SSSR count). The molecule has 6 nitrogen and oxygen atoms in total. The fourth-order valence-corrected chi connectivity index (χ4v) is 5.13. The summed E-state index contributed by atoms with van der Waals surface area (Å²) in [6.45, 7) is 6.63. The van der Waals surface area contributed by atoms with Crippen molar-refractivity contribution in [3.8, 4) is 11.5 Å². The fraction of sp³-hybridized carbons (Fsp3) is 0.667. The van der Waals surface area contributed by atoms with E-state index in [0.717, 1.165) is 89.2 Å². The number of hydrogen-bond donors (Lipinski definition) is 4. The third-order valence-corrected chi connectivity index (χ3v) is 7.82. The summed E-state index contributed by atoms with van der Waals surface area (Å²) in [6.07, 6.45) is 19.1. The number of hydrogen-bond acceptors (Lipinski definition) is 4. The second-order valence-electron chi connectivity index (χ2n) is 11.7. The Hall–Kier alpha value is -2.12. The summed E-state index contributed by atoms with van der Waals surface area (Å²) >= 11 is 0.